The van der Waals surface area contributed by atoms with Gasteiger partial charge in [0.05, 0.1) is 17.3 Å². The summed E-state index contributed by atoms with van der Waals surface area (Å²) in [4.78, 5) is 13.4. The van der Waals surface area contributed by atoms with E-state index >= 15 is 0 Å². The molecule has 5 heterocycles. The van der Waals surface area contributed by atoms with E-state index in [2.05, 4.69) is 24.9 Å². The number of aromatic nitrogens is 4. The molecule has 3 aromatic heterocycles. The Morgan fingerprint density at radius 1 is 1.22 bits per heavy atom. The molecule has 0 unspecified atom stereocenters. The number of pyridine rings is 1. The molecule has 2 fully saturated rings. The van der Waals surface area contributed by atoms with Crippen LogP contribution in [0.2, 0.25) is 5.02 Å². The lowest BCUT2D eigenvalue weighted by Gasteiger charge is -2.46. The molecule has 0 amide bonds. The Kier molecular flexibility index (Phi) is 5.52. The normalized spacial score (nSPS) is 18.9. The number of likely N-dealkylation sites (tertiary alicyclic amines) is 1. The van der Waals surface area contributed by atoms with Crippen LogP contribution in [0.5, 0.6) is 0 Å². The molecular formula is C25H22ClF2N7O. The van der Waals surface area contributed by atoms with Gasteiger partial charge in [-0.1, -0.05) is 17.7 Å². The summed E-state index contributed by atoms with van der Waals surface area (Å²) >= 11 is 6.20. The van der Waals surface area contributed by atoms with Gasteiger partial charge in [0.1, 0.15) is 23.1 Å². The van der Waals surface area contributed by atoms with Gasteiger partial charge >= 0.3 is 0 Å². The molecule has 2 aliphatic rings. The van der Waals surface area contributed by atoms with Gasteiger partial charge in [0, 0.05) is 54.4 Å². The first kappa shape index (κ1) is 23.0. The smallest absolute Gasteiger partial charge is 0.283 e. The Morgan fingerprint density at radius 3 is 2.72 bits per heavy atom. The topological polar surface area (TPSA) is 93.6 Å². The molecule has 2 aliphatic heterocycles. The van der Waals surface area contributed by atoms with E-state index in [1.165, 1.54) is 4.52 Å². The molecule has 184 valence electrons. The fourth-order valence-electron chi connectivity index (χ4n) is 5.32. The lowest BCUT2D eigenvalue weighted by atomic mass is 9.98. The first-order chi connectivity index (χ1) is 17.4. The van der Waals surface area contributed by atoms with Gasteiger partial charge in [-0.15, -0.1) is 0 Å². The van der Waals surface area contributed by atoms with Crippen molar-refractivity contribution in [1.82, 2.24) is 24.5 Å². The number of aliphatic hydroxyl groups excluding tert-OH is 1. The Labute approximate surface area is 210 Å². The molecule has 1 aromatic carbocycles. The van der Waals surface area contributed by atoms with Gasteiger partial charge < -0.3 is 10.0 Å². The second-order valence-electron chi connectivity index (χ2n) is 9.32. The molecule has 2 saturated heterocycles. The van der Waals surface area contributed by atoms with E-state index in [4.69, 9.17) is 11.6 Å². The van der Waals surface area contributed by atoms with Crippen LogP contribution in [0, 0.1) is 18.3 Å². The van der Waals surface area contributed by atoms with E-state index in [0.717, 1.165) is 29.5 Å². The number of rotatable bonds is 4. The molecule has 1 N–H and O–H groups in total. The van der Waals surface area contributed by atoms with Gasteiger partial charge in [0.2, 0.25) is 0 Å². The number of aliphatic hydroxyl groups is 1. The number of halogens is 3. The Balaban J connectivity index is 1.56. The summed E-state index contributed by atoms with van der Waals surface area (Å²) in [6, 6.07) is 9.41. The number of hydrogen-bond acceptors (Lipinski definition) is 7. The molecule has 36 heavy (non-hydrogen) atoms. The summed E-state index contributed by atoms with van der Waals surface area (Å²) in [7, 11) is 0. The molecule has 0 spiro atoms. The molecule has 0 bridgehead atoms. The van der Waals surface area contributed by atoms with Gasteiger partial charge in [-0.3, -0.25) is 9.88 Å². The van der Waals surface area contributed by atoms with Crippen molar-refractivity contribution in [3.8, 4) is 17.2 Å². The van der Waals surface area contributed by atoms with Gasteiger partial charge in [0.25, 0.3) is 6.43 Å². The summed E-state index contributed by atoms with van der Waals surface area (Å²) in [5.41, 5.74) is 2.18. The van der Waals surface area contributed by atoms with Gasteiger partial charge in [-0.05, 0) is 37.1 Å². The second-order valence-corrected chi connectivity index (χ2v) is 9.76. The molecular weight excluding hydrogens is 488 g/mol. The van der Waals surface area contributed by atoms with Crippen LogP contribution in [0.1, 0.15) is 29.8 Å². The minimum Gasteiger partial charge on any atom is -0.392 e. The molecule has 1 atom stereocenters. The lowest BCUT2D eigenvalue weighted by Crippen LogP contribution is -2.59. The summed E-state index contributed by atoms with van der Waals surface area (Å²) in [6.45, 7) is 4.54. The maximum atomic E-state index is 13.8. The number of alkyl halides is 2. The number of aryl methyl sites for hydroxylation is 1. The first-order valence-electron chi connectivity index (χ1n) is 11.7. The summed E-state index contributed by atoms with van der Waals surface area (Å²) < 4.78 is 29.1. The van der Waals surface area contributed by atoms with Crippen molar-refractivity contribution in [2.75, 3.05) is 31.1 Å². The van der Waals surface area contributed by atoms with Crippen LogP contribution >= 0.6 is 11.6 Å². The van der Waals surface area contributed by atoms with E-state index in [1.807, 2.05) is 25.1 Å². The molecule has 0 radical (unpaired) electrons. The zero-order valence-corrected chi connectivity index (χ0v) is 20.1. The summed E-state index contributed by atoms with van der Waals surface area (Å²) in [6.07, 6.45) is -0.802. The highest BCUT2D eigenvalue weighted by Crippen LogP contribution is 2.41. The number of β-amino-alcohol motifs (C(OH)–C–C–N with tert-alkyl or cyclic N) is 1. The third-order valence-corrected chi connectivity index (χ3v) is 7.35. The third kappa shape index (κ3) is 3.58. The quantitative estimate of drug-likeness (QED) is 0.445. The minimum atomic E-state index is -2.91. The van der Waals surface area contributed by atoms with Gasteiger partial charge in [-0.25, -0.2) is 13.8 Å². The maximum absolute atomic E-state index is 13.8. The van der Waals surface area contributed by atoms with Crippen molar-refractivity contribution in [3.63, 3.8) is 0 Å². The van der Waals surface area contributed by atoms with E-state index in [0.29, 0.717) is 41.7 Å². The van der Waals surface area contributed by atoms with Crippen molar-refractivity contribution >= 4 is 34.0 Å². The number of anilines is 1. The predicted molar refractivity (Wildman–Crippen MR) is 131 cm³/mol. The van der Waals surface area contributed by atoms with Crippen LogP contribution in [0.3, 0.4) is 0 Å². The van der Waals surface area contributed by atoms with Crippen LogP contribution in [0.15, 0.2) is 30.5 Å². The monoisotopic (exact) mass is 509 g/mol. The standard InChI is InChI=1S/C25H22ClF2N7O/c1-13-21(18-4-6-30-20-8-14(26)2-3-17(18)20)25(34-10-15(11-34)33-7-5-16(36)12-33)35-24(31-13)19(9-29)22(32-35)23(27)28/h2-4,6,8,15-16,23,36H,5,7,10-12H2,1H3/t16-/m1/s1. The average molecular weight is 510 g/mol. The second kappa shape index (κ2) is 8.62. The SMILES string of the molecule is Cc1nc2c(C#N)c(C(F)F)nn2c(N2CC(N3CC[C@@H](O)C3)C2)c1-c1ccnc2cc(Cl)ccc12. The third-order valence-electron chi connectivity index (χ3n) is 7.11. The van der Waals surface area contributed by atoms with Gasteiger partial charge in [0.15, 0.2) is 5.65 Å². The molecule has 11 heteroatoms. The Bertz CT molecular complexity index is 1540. The lowest BCUT2D eigenvalue weighted by molar-refractivity contribution is 0.145. The minimum absolute atomic E-state index is 0.116. The van der Waals surface area contributed by atoms with Crippen LogP contribution in [0.4, 0.5) is 14.6 Å². The number of hydrogen-bond donors (Lipinski definition) is 1. The zero-order valence-electron chi connectivity index (χ0n) is 19.4. The highest BCUT2D eigenvalue weighted by molar-refractivity contribution is 6.31. The summed E-state index contributed by atoms with van der Waals surface area (Å²) in [5, 5.41) is 25.2. The molecule has 0 aliphatic carbocycles. The van der Waals surface area contributed by atoms with E-state index < -0.39 is 12.1 Å². The summed E-state index contributed by atoms with van der Waals surface area (Å²) in [5.74, 6) is 0.611. The molecule has 0 saturated carbocycles. The van der Waals surface area contributed by atoms with Crippen molar-refractivity contribution in [2.45, 2.75) is 31.9 Å². The molecule has 8 nitrogen and oxygen atoms in total. The van der Waals surface area contributed by atoms with E-state index in [1.54, 1.807) is 18.3 Å². The number of benzene rings is 1. The predicted octanol–water partition coefficient (Wildman–Crippen LogP) is 3.97. The van der Waals surface area contributed by atoms with Crippen LogP contribution in [-0.2, 0) is 0 Å². The fraction of sp³-hybridized carbons (Fsp3) is 0.360. The Morgan fingerprint density at radius 2 is 2.03 bits per heavy atom. The van der Waals surface area contributed by atoms with Crippen molar-refractivity contribution in [1.29, 1.82) is 5.26 Å². The Hall–Kier alpha value is -3.39. The number of nitriles is 1. The van der Waals surface area contributed by atoms with Gasteiger partial charge in [-0.2, -0.15) is 14.9 Å². The fourth-order valence-corrected chi connectivity index (χ4v) is 5.49. The van der Waals surface area contributed by atoms with Crippen LogP contribution in [-0.4, -0.2) is 67.9 Å². The largest absolute Gasteiger partial charge is 0.392 e. The van der Waals surface area contributed by atoms with Crippen molar-refractivity contribution < 1.29 is 13.9 Å². The number of fused-ring (bicyclic) bond motifs is 2. The van der Waals surface area contributed by atoms with E-state index in [9.17, 15) is 19.1 Å². The highest BCUT2D eigenvalue weighted by atomic mass is 35.5. The zero-order chi connectivity index (χ0) is 25.1. The maximum Gasteiger partial charge on any atom is 0.283 e. The van der Waals surface area contributed by atoms with Crippen LogP contribution in [0.25, 0.3) is 27.7 Å². The molecule has 6 rings (SSSR count). The molecule has 4 aromatic rings. The highest BCUT2D eigenvalue weighted by Gasteiger charge is 2.39. The first-order valence-corrected chi connectivity index (χ1v) is 12.1. The average Bonchev–Trinajstić information content (AvgIpc) is 3.40. The van der Waals surface area contributed by atoms with Crippen molar-refractivity contribution in [2.24, 2.45) is 0 Å². The van der Waals surface area contributed by atoms with Crippen molar-refractivity contribution in [3.05, 3.63) is 52.4 Å². The van der Waals surface area contributed by atoms with Crippen LogP contribution < -0.4 is 4.90 Å². The number of nitrogens with zero attached hydrogens (tertiary/aromatic N) is 7. The van der Waals surface area contributed by atoms with E-state index in [-0.39, 0.29) is 23.4 Å².